The summed E-state index contributed by atoms with van der Waals surface area (Å²) >= 11 is 0. The second-order valence-electron chi connectivity index (χ2n) is 9.13. The number of carbonyl (C=O) groups is 5. The Bertz CT molecular complexity index is 915. The summed E-state index contributed by atoms with van der Waals surface area (Å²) in [5.41, 5.74) is 7.73. The van der Waals surface area contributed by atoms with Gasteiger partial charge in [-0.05, 0) is 33.6 Å². The van der Waals surface area contributed by atoms with Gasteiger partial charge < -0.3 is 58.5 Å². The molecule has 0 aromatic rings. The molecule has 3 aliphatic rings. The van der Waals surface area contributed by atoms with E-state index in [1.54, 1.807) is 20.8 Å². The first-order valence-electron chi connectivity index (χ1n) is 14.7. The molecule has 0 amide bonds. The van der Waals surface area contributed by atoms with Crippen molar-refractivity contribution in [2.24, 2.45) is 11.8 Å². The van der Waals surface area contributed by atoms with Crippen LogP contribution in [0.3, 0.4) is 0 Å². The molecule has 2 N–H and O–H groups in total. The summed E-state index contributed by atoms with van der Waals surface area (Å²) in [6.45, 7) is 17.0. The van der Waals surface area contributed by atoms with Crippen LogP contribution in [0, 0.1) is 18.4 Å². The van der Waals surface area contributed by atoms with Gasteiger partial charge in [-0.3, -0.25) is 48.1 Å². The number of carboxylic acids is 2. The zero-order valence-electron chi connectivity index (χ0n) is 32.3. The summed E-state index contributed by atoms with van der Waals surface area (Å²) < 4.78 is 95.2. The van der Waals surface area contributed by atoms with Crippen molar-refractivity contribution in [1.82, 2.24) is 0 Å². The third-order valence-electron chi connectivity index (χ3n) is 5.09. The van der Waals surface area contributed by atoms with Gasteiger partial charge in [-0.1, -0.05) is 24.5 Å². The number of hydrogen-bond donors (Lipinski definition) is 2. The average molecular weight is 991 g/mol. The monoisotopic (exact) mass is 990 g/mol. The van der Waals surface area contributed by atoms with Gasteiger partial charge in [0.05, 0.1) is 19.8 Å². The second kappa shape index (κ2) is 59.9. The Morgan fingerprint density at radius 2 is 1.04 bits per heavy atom. The number of carbonyl (C=O) groups excluding carboxylic acids is 3. The van der Waals surface area contributed by atoms with Gasteiger partial charge in [0, 0.05) is 59.3 Å². The minimum atomic E-state index is -3.67. The van der Waals surface area contributed by atoms with Crippen molar-refractivity contribution in [3.8, 4) is 0 Å². The molecule has 1 saturated heterocycles. The number of aliphatic carboxylic acids is 2. The number of esters is 3. The van der Waals surface area contributed by atoms with Gasteiger partial charge in [0.2, 0.25) is 0 Å². The van der Waals surface area contributed by atoms with Gasteiger partial charge in [0.1, 0.15) is 0 Å². The largest absolute Gasteiger partial charge is 1.00 e. The van der Waals surface area contributed by atoms with Crippen LogP contribution in [0.1, 0.15) is 60.3 Å². The molecule has 0 bridgehead atoms. The smallest absolute Gasteiger partial charge is 0.521 e. The molecule has 1 heterocycles. The Balaban J connectivity index is -0.0000000462. The van der Waals surface area contributed by atoms with Crippen molar-refractivity contribution < 1.29 is 272 Å². The van der Waals surface area contributed by atoms with E-state index in [-0.39, 0.29) is 197 Å². The van der Waals surface area contributed by atoms with Crippen molar-refractivity contribution in [3.63, 3.8) is 0 Å². The van der Waals surface area contributed by atoms with Crippen molar-refractivity contribution in [2.45, 2.75) is 71.9 Å². The Morgan fingerprint density at radius 3 is 1.18 bits per heavy atom. The molecular formula is C26H47B3F9K3N2O11Pd. The quantitative estimate of drug-likeness (QED) is 0.0350. The van der Waals surface area contributed by atoms with Crippen LogP contribution in [-0.4, -0.2) is 106 Å². The molecule has 3 fully saturated rings. The van der Waals surface area contributed by atoms with Gasteiger partial charge >= 0.3 is 186 Å². The Hall–Kier alpha value is 1.57. The third kappa shape index (κ3) is 73.5. The molecule has 3 rings (SSSR count). The molecule has 0 spiro atoms. The first-order chi connectivity index (χ1) is 22.8. The number of nitrogens with zero attached hydrogens (tertiary/aromatic N) is 2. The van der Waals surface area contributed by atoms with Gasteiger partial charge in [-0.25, -0.2) is 4.79 Å². The minimum absolute atomic E-state index is 0. The molecule has 0 aromatic carbocycles. The van der Waals surface area contributed by atoms with Crippen LogP contribution in [0.15, 0.2) is 6.58 Å². The SMILES string of the molecule is C1CCOC1.CC(=O)O.CC(=O)O.CCOC(=O)C=[N+]=[N-].CCOC(=O)[C@@H]1C[C@@H]1[BH-](F)F.CCOC(=O)[C@H]1C[C@@H]1[BH-](F)F.F.F.FB(F)F.[CH-]=C.[K+].[K+].[K+].[Pd]. The molecule has 55 heavy (non-hydrogen) atoms. The fourth-order valence-corrected chi connectivity index (χ4v) is 2.99. The average Bonchev–Trinajstić information content (AvgIpc) is 3.90. The zero-order valence-corrected chi connectivity index (χ0v) is 43.2. The predicted octanol–water partition coefficient (Wildman–Crippen LogP) is -4.17. The fraction of sp³-hybridized carbons (Fsp3) is 0.692. The maximum absolute atomic E-state index is 11.9. The van der Waals surface area contributed by atoms with E-state index in [1.165, 1.54) is 12.8 Å². The molecule has 2 aliphatic carbocycles. The maximum Gasteiger partial charge on any atom is 1.00 e. The summed E-state index contributed by atoms with van der Waals surface area (Å²) in [7, 11) is -9.85. The van der Waals surface area contributed by atoms with E-state index in [1.807, 2.05) is 0 Å². The number of ether oxygens (including phenoxy) is 4. The molecule has 1 aliphatic heterocycles. The third-order valence-corrected chi connectivity index (χ3v) is 5.09. The topological polar surface area (TPSA) is 199 Å². The van der Waals surface area contributed by atoms with E-state index in [4.69, 9.17) is 30.1 Å². The number of halogens is 9. The fourth-order valence-electron chi connectivity index (χ4n) is 2.99. The number of carboxylic acid groups (broad SMARTS) is 2. The van der Waals surface area contributed by atoms with Crippen molar-refractivity contribution in [2.75, 3.05) is 33.0 Å². The Labute approximate surface area is 458 Å². The van der Waals surface area contributed by atoms with E-state index < -0.39 is 75.4 Å². The number of hydrogen-bond acceptors (Lipinski definition) is 9. The van der Waals surface area contributed by atoms with E-state index in [2.05, 4.69) is 32.2 Å². The van der Waals surface area contributed by atoms with Crippen LogP contribution in [0.4, 0.5) is 39.6 Å². The summed E-state index contributed by atoms with van der Waals surface area (Å²) in [6.07, 6.45) is 3.90. The molecule has 0 aromatic heterocycles. The van der Waals surface area contributed by atoms with Crippen LogP contribution in [0.25, 0.3) is 5.53 Å². The van der Waals surface area contributed by atoms with Crippen LogP contribution in [0.5, 0.6) is 0 Å². The van der Waals surface area contributed by atoms with Crippen molar-refractivity contribution in [1.29, 1.82) is 0 Å². The van der Waals surface area contributed by atoms with Crippen LogP contribution in [0.2, 0.25) is 11.6 Å². The Kier molecular flexibility index (Phi) is 91.6. The summed E-state index contributed by atoms with van der Waals surface area (Å²) in [5, 5.41) is 14.8. The van der Waals surface area contributed by atoms with Gasteiger partial charge in [-0.15, -0.1) is 0 Å². The van der Waals surface area contributed by atoms with E-state index in [0.717, 1.165) is 27.1 Å². The summed E-state index contributed by atoms with van der Waals surface area (Å²) in [5.74, 6) is -5.51. The van der Waals surface area contributed by atoms with Gasteiger partial charge in [0.25, 0.3) is 26.5 Å². The predicted molar refractivity (Wildman–Crippen MR) is 173 cm³/mol. The van der Waals surface area contributed by atoms with Gasteiger partial charge in [0.15, 0.2) is 0 Å². The van der Waals surface area contributed by atoms with E-state index >= 15 is 0 Å². The molecule has 29 heteroatoms. The first-order valence-corrected chi connectivity index (χ1v) is 14.7. The van der Waals surface area contributed by atoms with E-state index in [9.17, 15) is 44.6 Å². The molecular weight excluding hydrogens is 943 g/mol. The summed E-state index contributed by atoms with van der Waals surface area (Å²) in [4.78, 5) is 52.1. The van der Waals surface area contributed by atoms with Crippen LogP contribution in [-0.2, 0) is 63.3 Å². The van der Waals surface area contributed by atoms with E-state index in [0.29, 0.717) is 25.7 Å². The van der Waals surface area contributed by atoms with Gasteiger partial charge in [-0.2, -0.15) is 4.79 Å². The molecule has 0 radical (unpaired) electrons. The molecule has 312 valence electrons. The maximum atomic E-state index is 11.9. The van der Waals surface area contributed by atoms with Crippen molar-refractivity contribution in [3.05, 3.63) is 18.7 Å². The Morgan fingerprint density at radius 1 is 0.782 bits per heavy atom. The molecule has 0 unspecified atom stereocenters. The molecule has 13 nitrogen and oxygen atoms in total. The minimum Gasteiger partial charge on any atom is -0.521 e. The summed E-state index contributed by atoms with van der Waals surface area (Å²) in [6, 6.07) is 0. The van der Waals surface area contributed by atoms with Crippen molar-refractivity contribution >= 4 is 58.1 Å². The van der Waals surface area contributed by atoms with Crippen LogP contribution < -0.4 is 154 Å². The second-order valence-corrected chi connectivity index (χ2v) is 9.13. The zero-order chi connectivity index (χ0) is 39.5. The normalized spacial score (nSPS) is 16.2. The standard InChI is InChI=1S/2C6H10BF2O2.C4H6N2O2.C4H8O.2C2H4O2.C2H3.BF3.2FH.3K.Pd/c2*1-2-11-6(10)4-3-5(4)7(8)9;1-2-8-4(7)3-6-5;1-2-4-5-3-1;2*1-2(3)4;1-2;2-1(3)4;;;;;;/h2*4-5,7H,2-3H2,1H3;3H,2H2,1H3;1-4H2;2*1H3,(H,3,4);1H,2H2;;2*1H;;;;/q2*-1;;;;;-1;;;;3*+1;/t4-,5+;4-,5-;;;;;;;;;;;;/m10............/s1. The van der Waals surface area contributed by atoms with Crippen LogP contribution >= 0.6 is 0 Å². The number of rotatable bonds is 8. The molecule has 2 saturated carbocycles. The first kappa shape index (κ1) is 84.1. The molecule has 4 atom stereocenters.